The van der Waals surface area contributed by atoms with E-state index in [1.807, 2.05) is 43.3 Å². The van der Waals surface area contributed by atoms with Gasteiger partial charge in [0.15, 0.2) is 0 Å². The Bertz CT molecular complexity index is 837. The zero-order chi connectivity index (χ0) is 15.8. The minimum absolute atomic E-state index is 0.0596. The van der Waals surface area contributed by atoms with Gasteiger partial charge in [0, 0.05) is 19.0 Å². The number of carbonyl (C=O) groups excluding carboxylic acids is 1. The molecule has 0 unspecified atom stereocenters. The molecule has 0 bridgehead atoms. The number of Topliss-reactive ketones (excluding diaryl/α,β-unsaturated/α-hetero) is 1. The number of carbonyl (C=O) groups is 1. The molecule has 0 saturated carbocycles. The Labute approximate surface area is 134 Å². The smallest absolute Gasteiger partial charge is 0.136 e. The summed E-state index contributed by atoms with van der Waals surface area (Å²) < 4.78 is 0. The van der Waals surface area contributed by atoms with Crippen molar-refractivity contribution in [3.05, 3.63) is 59.7 Å². The zero-order valence-corrected chi connectivity index (χ0v) is 12.9. The van der Waals surface area contributed by atoms with E-state index in [9.17, 15) is 4.79 Å². The van der Waals surface area contributed by atoms with Crippen LogP contribution in [0.1, 0.15) is 42.0 Å². The van der Waals surface area contributed by atoms with E-state index in [-0.39, 0.29) is 17.9 Å². The van der Waals surface area contributed by atoms with E-state index in [1.165, 1.54) is 0 Å². The van der Waals surface area contributed by atoms with E-state index in [0.29, 0.717) is 12.8 Å². The van der Waals surface area contributed by atoms with Crippen LogP contribution in [-0.2, 0) is 4.79 Å². The monoisotopic (exact) mass is 306 g/mol. The number of ketones is 1. The van der Waals surface area contributed by atoms with Crippen molar-refractivity contribution in [1.82, 2.24) is 20.3 Å². The molecule has 3 heterocycles. The molecule has 1 aliphatic rings. The van der Waals surface area contributed by atoms with Gasteiger partial charge in [-0.1, -0.05) is 18.2 Å². The molecule has 1 aromatic carbocycles. The van der Waals surface area contributed by atoms with E-state index in [0.717, 1.165) is 28.1 Å². The molecule has 0 amide bonds. The summed E-state index contributed by atoms with van der Waals surface area (Å²) in [6.07, 6.45) is 2.72. The van der Waals surface area contributed by atoms with E-state index in [2.05, 4.69) is 20.3 Å². The molecule has 1 saturated heterocycles. The second kappa shape index (κ2) is 5.59. The van der Waals surface area contributed by atoms with Gasteiger partial charge in [-0.25, -0.2) is 4.98 Å². The van der Waals surface area contributed by atoms with E-state index in [4.69, 9.17) is 0 Å². The van der Waals surface area contributed by atoms with Gasteiger partial charge in [-0.05, 0) is 30.7 Å². The summed E-state index contributed by atoms with van der Waals surface area (Å²) in [6.45, 7) is 2.03. The first kappa shape index (κ1) is 14.1. The number of hydrogen-bond acceptors (Lipinski definition) is 4. The number of benzene rings is 1. The normalized spacial score (nSPS) is 21.7. The van der Waals surface area contributed by atoms with Gasteiger partial charge in [0.25, 0.3) is 0 Å². The predicted octanol–water partition coefficient (Wildman–Crippen LogP) is 3.00. The maximum absolute atomic E-state index is 12.2. The van der Waals surface area contributed by atoms with Crippen molar-refractivity contribution in [2.45, 2.75) is 31.8 Å². The van der Waals surface area contributed by atoms with Gasteiger partial charge in [0.2, 0.25) is 0 Å². The van der Waals surface area contributed by atoms with Crippen molar-refractivity contribution in [1.29, 1.82) is 0 Å². The maximum atomic E-state index is 12.2. The van der Waals surface area contributed by atoms with Crippen LogP contribution in [0.15, 0.2) is 42.6 Å². The Morgan fingerprint density at radius 1 is 1.09 bits per heavy atom. The minimum atomic E-state index is -0.102. The van der Waals surface area contributed by atoms with Crippen LogP contribution in [0.3, 0.4) is 0 Å². The van der Waals surface area contributed by atoms with Crippen LogP contribution < -0.4 is 5.32 Å². The molecule has 5 nitrogen and oxygen atoms in total. The van der Waals surface area contributed by atoms with Gasteiger partial charge >= 0.3 is 0 Å². The minimum Gasteiger partial charge on any atom is -0.341 e. The number of rotatable bonds is 2. The van der Waals surface area contributed by atoms with Crippen LogP contribution in [0.4, 0.5) is 0 Å². The average Bonchev–Trinajstić information content (AvgIpc) is 2.99. The van der Waals surface area contributed by atoms with Crippen molar-refractivity contribution in [2.75, 3.05) is 0 Å². The number of aromatic amines is 1. The molecule has 0 radical (unpaired) electrons. The lowest BCUT2D eigenvalue weighted by molar-refractivity contribution is -0.121. The number of nitrogens with zero attached hydrogens (tertiary/aromatic N) is 2. The molecule has 23 heavy (non-hydrogen) atoms. The van der Waals surface area contributed by atoms with Crippen molar-refractivity contribution < 1.29 is 4.79 Å². The fourth-order valence-corrected chi connectivity index (χ4v) is 3.25. The first-order valence-corrected chi connectivity index (χ1v) is 7.84. The van der Waals surface area contributed by atoms with Gasteiger partial charge in [0.1, 0.15) is 11.6 Å². The number of aryl methyl sites for hydroxylation is 1. The highest BCUT2D eigenvalue weighted by molar-refractivity contribution is 5.81. The van der Waals surface area contributed by atoms with Crippen LogP contribution in [0, 0.1) is 6.92 Å². The van der Waals surface area contributed by atoms with E-state index >= 15 is 0 Å². The summed E-state index contributed by atoms with van der Waals surface area (Å²) in [6, 6.07) is 11.7. The summed E-state index contributed by atoms with van der Waals surface area (Å²) >= 11 is 0. The predicted molar refractivity (Wildman–Crippen MR) is 87.9 cm³/mol. The Morgan fingerprint density at radius 3 is 2.74 bits per heavy atom. The molecule has 0 aliphatic carbocycles. The van der Waals surface area contributed by atoms with Gasteiger partial charge < -0.3 is 4.98 Å². The van der Waals surface area contributed by atoms with Crippen LogP contribution in [0.5, 0.6) is 0 Å². The van der Waals surface area contributed by atoms with Gasteiger partial charge in [-0.15, -0.1) is 0 Å². The van der Waals surface area contributed by atoms with E-state index < -0.39 is 0 Å². The summed E-state index contributed by atoms with van der Waals surface area (Å²) in [5.41, 5.74) is 3.96. The third-order valence-corrected chi connectivity index (χ3v) is 4.38. The Morgan fingerprint density at radius 2 is 1.91 bits per heavy atom. The number of imidazole rings is 1. The number of pyridine rings is 1. The second-order valence-corrected chi connectivity index (χ2v) is 6.06. The van der Waals surface area contributed by atoms with Crippen LogP contribution in [-0.4, -0.2) is 20.7 Å². The number of hydrogen-bond donors (Lipinski definition) is 2. The first-order valence-electron chi connectivity index (χ1n) is 7.84. The second-order valence-electron chi connectivity index (χ2n) is 6.06. The number of piperidine rings is 1. The van der Waals surface area contributed by atoms with Gasteiger partial charge in [-0.3, -0.25) is 15.1 Å². The summed E-state index contributed by atoms with van der Waals surface area (Å²) in [4.78, 5) is 24.7. The van der Waals surface area contributed by atoms with Crippen molar-refractivity contribution in [3.63, 3.8) is 0 Å². The van der Waals surface area contributed by atoms with Gasteiger partial charge in [-0.2, -0.15) is 0 Å². The molecule has 1 aliphatic heterocycles. The largest absolute Gasteiger partial charge is 0.341 e. The maximum Gasteiger partial charge on any atom is 0.136 e. The number of fused-ring (bicyclic) bond motifs is 1. The highest BCUT2D eigenvalue weighted by Crippen LogP contribution is 2.30. The number of nitrogens with one attached hydrogen (secondary N) is 2. The lowest BCUT2D eigenvalue weighted by Crippen LogP contribution is -2.36. The van der Waals surface area contributed by atoms with Crippen molar-refractivity contribution in [3.8, 4) is 0 Å². The third kappa shape index (κ3) is 2.64. The lowest BCUT2D eigenvalue weighted by atomic mass is 9.93. The highest BCUT2D eigenvalue weighted by atomic mass is 16.1. The molecule has 4 rings (SSSR count). The average molecular weight is 306 g/mol. The topological polar surface area (TPSA) is 70.7 Å². The lowest BCUT2D eigenvalue weighted by Gasteiger charge is -2.29. The SMILES string of the molecule is Cc1cccnc1[C@H]1CC(=O)C[C@H](c2nc3ccccc3[nH]2)N1. The van der Waals surface area contributed by atoms with Gasteiger partial charge in [0.05, 0.1) is 28.8 Å². The number of H-pyrrole nitrogens is 1. The highest BCUT2D eigenvalue weighted by Gasteiger charge is 2.31. The van der Waals surface area contributed by atoms with Crippen molar-refractivity contribution >= 4 is 16.8 Å². The molecule has 2 N–H and O–H groups in total. The number of para-hydroxylation sites is 2. The van der Waals surface area contributed by atoms with E-state index in [1.54, 1.807) is 6.20 Å². The van der Waals surface area contributed by atoms with Crippen LogP contribution >= 0.6 is 0 Å². The first-order chi connectivity index (χ1) is 11.2. The molecular formula is C18H18N4O. The Kier molecular flexibility index (Phi) is 3.42. The third-order valence-electron chi connectivity index (χ3n) is 4.38. The standard InChI is InChI=1S/C18H18N4O/c1-11-5-4-8-19-17(11)15-9-12(23)10-16(20-15)18-21-13-6-2-3-7-14(13)22-18/h2-8,15-16,20H,9-10H2,1H3,(H,21,22)/t15-,16-/m1/s1. The summed E-state index contributed by atoms with van der Waals surface area (Å²) in [5.74, 6) is 1.06. The molecule has 116 valence electrons. The number of aromatic nitrogens is 3. The fraction of sp³-hybridized carbons (Fsp3) is 0.278. The quantitative estimate of drug-likeness (QED) is 0.763. The summed E-state index contributed by atoms with van der Waals surface area (Å²) in [7, 11) is 0. The molecule has 1 fully saturated rings. The Balaban J connectivity index is 1.67. The van der Waals surface area contributed by atoms with Crippen molar-refractivity contribution in [2.24, 2.45) is 0 Å². The molecule has 5 heteroatoms. The molecule has 2 atom stereocenters. The summed E-state index contributed by atoms with van der Waals surface area (Å²) in [5, 5.41) is 3.54. The molecular weight excluding hydrogens is 288 g/mol. The Hall–Kier alpha value is -2.53. The molecule has 0 spiro atoms. The molecule has 2 aromatic heterocycles. The molecule has 3 aromatic rings. The van der Waals surface area contributed by atoms with Crippen LogP contribution in [0.25, 0.3) is 11.0 Å². The van der Waals surface area contributed by atoms with Crippen LogP contribution in [0.2, 0.25) is 0 Å². The zero-order valence-electron chi connectivity index (χ0n) is 12.9. The fourth-order valence-electron chi connectivity index (χ4n) is 3.25.